The summed E-state index contributed by atoms with van der Waals surface area (Å²) in [6.45, 7) is 1.77. The van der Waals surface area contributed by atoms with Gasteiger partial charge in [0.1, 0.15) is 17.2 Å². The van der Waals surface area contributed by atoms with Gasteiger partial charge in [-0.05, 0) is 50.6 Å². The summed E-state index contributed by atoms with van der Waals surface area (Å²) in [5.74, 6) is -1.13. The Balaban J connectivity index is 2.07. The van der Waals surface area contributed by atoms with Crippen LogP contribution < -0.4 is 27.3 Å². The van der Waals surface area contributed by atoms with Crippen LogP contribution in [0.15, 0.2) is 46.6 Å². The Kier molecular flexibility index (Phi) is 9.67. The summed E-state index contributed by atoms with van der Waals surface area (Å²) in [5, 5.41) is 19.9. The molecule has 1 aromatic heterocycles. The summed E-state index contributed by atoms with van der Waals surface area (Å²) in [6.07, 6.45) is 2.08. The molecule has 2 aromatic rings. The number of rotatable bonds is 11. The first-order valence-electron chi connectivity index (χ1n) is 10.2. The van der Waals surface area contributed by atoms with Crippen molar-refractivity contribution in [1.29, 1.82) is 0 Å². The molecular formula is C21H29N7O4. The third kappa shape index (κ3) is 7.38. The van der Waals surface area contributed by atoms with Gasteiger partial charge in [0.25, 0.3) is 0 Å². The molecule has 2 atom stereocenters. The van der Waals surface area contributed by atoms with E-state index in [9.17, 15) is 9.59 Å². The number of aromatic nitrogens is 1. The lowest BCUT2D eigenvalue weighted by atomic mass is 10.1. The van der Waals surface area contributed by atoms with E-state index < -0.39 is 17.9 Å². The van der Waals surface area contributed by atoms with Gasteiger partial charge in [-0.1, -0.05) is 18.6 Å². The molecule has 1 aromatic carbocycles. The number of carbonyl (C=O) groups is 2. The third-order valence-corrected chi connectivity index (χ3v) is 4.48. The van der Waals surface area contributed by atoms with E-state index in [1.54, 1.807) is 37.3 Å². The first-order valence-corrected chi connectivity index (χ1v) is 10.2. The number of pyridine rings is 1. The third-order valence-electron chi connectivity index (χ3n) is 4.48. The summed E-state index contributed by atoms with van der Waals surface area (Å²) >= 11 is 0. The molecule has 1 amide bonds. The number of hydrogen-bond donors (Lipinski definition) is 5. The van der Waals surface area contributed by atoms with Crippen LogP contribution in [0.25, 0.3) is 0 Å². The number of nitrogens with zero attached hydrogens (tertiary/aromatic N) is 3. The Bertz CT molecular complexity index is 951. The summed E-state index contributed by atoms with van der Waals surface area (Å²) in [6, 6.07) is 8.97. The number of para-hydroxylation sites is 1. The number of anilines is 2. The van der Waals surface area contributed by atoms with E-state index in [1.807, 2.05) is 0 Å². The van der Waals surface area contributed by atoms with Crippen molar-refractivity contribution < 1.29 is 19.4 Å². The Hall–Kier alpha value is -3.41. The highest BCUT2D eigenvalue weighted by Crippen LogP contribution is 2.31. The number of nitrogens with two attached hydrogens (primary N) is 3. The highest BCUT2D eigenvalue weighted by molar-refractivity contribution is 5.94. The predicted octanol–water partition coefficient (Wildman–Crippen LogP) is 2.01. The lowest BCUT2D eigenvalue weighted by Gasteiger charge is -2.12. The van der Waals surface area contributed by atoms with Crippen LogP contribution >= 0.6 is 0 Å². The van der Waals surface area contributed by atoms with Crippen molar-refractivity contribution in [2.75, 3.05) is 24.2 Å². The SMILES string of the molecule is C[C@@H](CO)C(=O)Oc1ccccc1N=Nc1ccc(NC(=O)[C@@H](N)CCCCN)nc1N. The standard InChI is InChI=1S/C21H29N7O4/c1-13(12-29)21(31)32-17-8-3-2-7-15(17)27-28-16-9-10-18(25-19(16)24)26-20(30)14(23)6-4-5-11-22/h2-3,7-10,13-14,29H,4-6,11-12,22-23H2,1H3,(H3,24,25,26,30)/t13-,14-/m0/s1. The number of aliphatic hydroxyl groups excluding tert-OH is 1. The molecule has 11 heteroatoms. The molecule has 0 fully saturated rings. The lowest BCUT2D eigenvalue weighted by Crippen LogP contribution is -2.35. The fourth-order valence-corrected chi connectivity index (χ4v) is 2.50. The van der Waals surface area contributed by atoms with Crippen LogP contribution in [0.4, 0.5) is 23.0 Å². The Labute approximate surface area is 186 Å². The average molecular weight is 444 g/mol. The number of unbranched alkanes of at least 4 members (excludes halogenated alkanes) is 1. The van der Waals surface area contributed by atoms with Gasteiger partial charge in [0.05, 0.1) is 18.6 Å². The van der Waals surface area contributed by atoms with E-state index in [2.05, 4.69) is 20.5 Å². The smallest absolute Gasteiger partial charge is 0.316 e. The monoisotopic (exact) mass is 443 g/mol. The summed E-state index contributed by atoms with van der Waals surface area (Å²) in [7, 11) is 0. The Morgan fingerprint density at radius 2 is 1.88 bits per heavy atom. The van der Waals surface area contributed by atoms with Crippen molar-refractivity contribution in [3.8, 4) is 5.75 Å². The van der Waals surface area contributed by atoms with Gasteiger partial charge in [-0.25, -0.2) is 4.98 Å². The second kappa shape index (κ2) is 12.4. The fourth-order valence-electron chi connectivity index (χ4n) is 2.50. The van der Waals surface area contributed by atoms with E-state index >= 15 is 0 Å². The molecule has 0 saturated heterocycles. The largest absolute Gasteiger partial charge is 0.424 e. The molecule has 32 heavy (non-hydrogen) atoms. The second-order valence-electron chi connectivity index (χ2n) is 7.15. The molecule has 0 aliphatic carbocycles. The first-order chi connectivity index (χ1) is 15.3. The minimum atomic E-state index is -0.670. The van der Waals surface area contributed by atoms with Crippen molar-refractivity contribution in [2.45, 2.75) is 32.2 Å². The van der Waals surface area contributed by atoms with Crippen LogP contribution in [0.3, 0.4) is 0 Å². The number of ether oxygens (including phenoxy) is 1. The second-order valence-corrected chi connectivity index (χ2v) is 7.15. The van der Waals surface area contributed by atoms with Crippen molar-refractivity contribution in [2.24, 2.45) is 27.6 Å². The van der Waals surface area contributed by atoms with Gasteiger partial charge in [0.2, 0.25) is 5.91 Å². The molecule has 0 bridgehead atoms. The number of benzene rings is 1. The van der Waals surface area contributed by atoms with Gasteiger partial charge in [-0.15, -0.1) is 10.2 Å². The Morgan fingerprint density at radius 3 is 2.56 bits per heavy atom. The molecule has 1 heterocycles. The molecule has 8 N–H and O–H groups in total. The van der Waals surface area contributed by atoms with E-state index in [0.717, 1.165) is 12.8 Å². The molecule has 11 nitrogen and oxygen atoms in total. The summed E-state index contributed by atoms with van der Waals surface area (Å²) < 4.78 is 5.27. The quantitative estimate of drug-likeness (QED) is 0.151. The number of azo groups is 1. The van der Waals surface area contributed by atoms with E-state index in [1.165, 1.54) is 6.07 Å². The van der Waals surface area contributed by atoms with Crippen LogP contribution in [0.1, 0.15) is 26.2 Å². The van der Waals surface area contributed by atoms with Crippen LogP contribution in [-0.2, 0) is 9.59 Å². The zero-order valence-electron chi connectivity index (χ0n) is 17.9. The molecular weight excluding hydrogens is 414 g/mol. The van der Waals surface area contributed by atoms with Gasteiger partial charge in [0, 0.05) is 0 Å². The normalized spacial score (nSPS) is 13.0. The minimum Gasteiger partial charge on any atom is -0.424 e. The van der Waals surface area contributed by atoms with Crippen LogP contribution in [0.5, 0.6) is 5.75 Å². The van der Waals surface area contributed by atoms with Gasteiger partial charge in [-0.3, -0.25) is 9.59 Å². The maximum Gasteiger partial charge on any atom is 0.316 e. The molecule has 0 radical (unpaired) electrons. The zero-order valence-corrected chi connectivity index (χ0v) is 17.9. The van der Waals surface area contributed by atoms with E-state index in [-0.39, 0.29) is 35.6 Å². The average Bonchev–Trinajstić information content (AvgIpc) is 2.78. The minimum absolute atomic E-state index is 0.0478. The van der Waals surface area contributed by atoms with Crippen LogP contribution in [0.2, 0.25) is 0 Å². The van der Waals surface area contributed by atoms with E-state index in [4.69, 9.17) is 27.0 Å². The lowest BCUT2D eigenvalue weighted by molar-refractivity contribution is -0.139. The molecule has 2 rings (SSSR count). The van der Waals surface area contributed by atoms with Crippen LogP contribution in [0, 0.1) is 5.92 Å². The zero-order chi connectivity index (χ0) is 23.5. The number of nitrogens with one attached hydrogen (secondary N) is 1. The first kappa shape index (κ1) is 24.9. The summed E-state index contributed by atoms with van der Waals surface area (Å²) in [4.78, 5) is 28.2. The fraction of sp³-hybridized carbons (Fsp3) is 0.381. The van der Waals surface area contributed by atoms with Gasteiger partial charge in [-0.2, -0.15) is 0 Å². The number of carbonyl (C=O) groups excluding carboxylic acids is 2. The molecule has 0 spiro atoms. The highest BCUT2D eigenvalue weighted by atomic mass is 16.5. The molecule has 0 aliphatic heterocycles. The molecule has 0 saturated carbocycles. The number of aliphatic hydroxyl groups is 1. The maximum absolute atomic E-state index is 12.2. The number of esters is 1. The molecule has 0 unspecified atom stereocenters. The maximum atomic E-state index is 12.2. The highest BCUT2D eigenvalue weighted by Gasteiger charge is 2.16. The van der Waals surface area contributed by atoms with Gasteiger partial charge < -0.3 is 32.4 Å². The van der Waals surface area contributed by atoms with E-state index in [0.29, 0.717) is 18.7 Å². The van der Waals surface area contributed by atoms with Crippen molar-refractivity contribution >= 4 is 34.9 Å². The van der Waals surface area contributed by atoms with Crippen molar-refractivity contribution in [1.82, 2.24) is 4.98 Å². The van der Waals surface area contributed by atoms with Gasteiger partial charge >= 0.3 is 5.97 Å². The van der Waals surface area contributed by atoms with Gasteiger partial charge in [0.15, 0.2) is 11.6 Å². The topological polar surface area (TPSA) is 191 Å². The summed E-state index contributed by atoms with van der Waals surface area (Å²) in [5.41, 5.74) is 17.8. The number of amides is 1. The van der Waals surface area contributed by atoms with Crippen molar-refractivity contribution in [3.63, 3.8) is 0 Å². The predicted molar refractivity (Wildman–Crippen MR) is 121 cm³/mol. The molecule has 172 valence electrons. The van der Waals surface area contributed by atoms with Crippen LogP contribution in [-0.4, -0.2) is 41.2 Å². The Morgan fingerprint density at radius 1 is 1.16 bits per heavy atom. The van der Waals surface area contributed by atoms with Crippen molar-refractivity contribution in [3.05, 3.63) is 36.4 Å². The molecule has 0 aliphatic rings. The number of hydrogen-bond acceptors (Lipinski definition) is 10. The number of nitrogen functional groups attached to an aromatic ring is 1.